The molecule has 0 aliphatic rings. The van der Waals surface area contributed by atoms with E-state index in [0.29, 0.717) is 18.2 Å². The van der Waals surface area contributed by atoms with Crippen LogP contribution in [-0.2, 0) is 30.3 Å². The van der Waals surface area contributed by atoms with Crippen LogP contribution in [0.3, 0.4) is 0 Å². The standard InChI is InChI=1S/C25H21F4N3O3.C21H13F4N3O3/c1-24(2,3)35-23(33)21-20(34-13-15-7-5-4-6-8-15)12-19(32-22(21)30-14-31-32)16-9-10-18(26)17(11-16)25(27,28)29;22-15-7-6-13(8-14(15)21(23,24)25)16-9-17(31-10-12-4-2-1-3-5-12)18(20(29)30)19-26-11-27-28(16)19/h4-12,14H,13H2,1-3H3;1-9,11H,10H2,(H,29,30). The Morgan fingerprint density at radius 1 is 0.591 bits per heavy atom. The number of hydrogen-bond donors (Lipinski definition) is 1. The molecule has 340 valence electrons. The zero-order valence-electron chi connectivity index (χ0n) is 34.7. The van der Waals surface area contributed by atoms with Gasteiger partial charge in [0, 0.05) is 23.3 Å². The number of rotatable bonds is 10. The third-order valence-corrected chi connectivity index (χ3v) is 9.45. The smallest absolute Gasteiger partial charge is 0.419 e. The van der Waals surface area contributed by atoms with E-state index in [-0.39, 0.29) is 69.6 Å². The number of aromatic nitrogens is 6. The maximum atomic E-state index is 13.9. The Labute approximate surface area is 368 Å². The predicted molar refractivity (Wildman–Crippen MR) is 220 cm³/mol. The molecule has 0 spiro atoms. The minimum atomic E-state index is -4.91. The number of ether oxygens (including phenoxy) is 3. The van der Waals surface area contributed by atoms with Crippen LogP contribution in [0.25, 0.3) is 33.8 Å². The first-order chi connectivity index (χ1) is 31.2. The van der Waals surface area contributed by atoms with Gasteiger partial charge in [-0.1, -0.05) is 60.7 Å². The van der Waals surface area contributed by atoms with Crippen LogP contribution >= 0.6 is 0 Å². The number of carboxylic acid groups (broad SMARTS) is 1. The minimum Gasteiger partial charge on any atom is -0.488 e. The van der Waals surface area contributed by atoms with Crippen LogP contribution < -0.4 is 9.47 Å². The molecule has 12 nitrogen and oxygen atoms in total. The molecule has 4 aromatic carbocycles. The number of carbonyl (C=O) groups is 2. The molecule has 0 aliphatic carbocycles. The summed E-state index contributed by atoms with van der Waals surface area (Å²) in [4.78, 5) is 33.0. The maximum Gasteiger partial charge on any atom is 0.419 e. The Bertz CT molecular complexity index is 3060. The summed E-state index contributed by atoms with van der Waals surface area (Å²) < 4.78 is 127. The van der Waals surface area contributed by atoms with Crippen LogP contribution in [-0.4, -0.2) is 51.8 Å². The number of alkyl halides is 6. The first-order valence-corrected chi connectivity index (χ1v) is 19.5. The maximum absolute atomic E-state index is 13.9. The van der Waals surface area contributed by atoms with Gasteiger partial charge in [-0.3, -0.25) is 0 Å². The molecule has 0 atom stereocenters. The summed E-state index contributed by atoms with van der Waals surface area (Å²) in [6, 6.07) is 25.7. The molecule has 0 amide bonds. The van der Waals surface area contributed by atoms with E-state index >= 15 is 0 Å². The summed E-state index contributed by atoms with van der Waals surface area (Å²) in [5, 5.41) is 17.7. The lowest BCUT2D eigenvalue weighted by atomic mass is 10.0. The van der Waals surface area contributed by atoms with E-state index in [2.05, 4.69) is 20.2 Å². The van der Waals surface area contributed by atoms with Gasteiger partial charge in [-0.15, -0.1) is 0 Å². The quantitative estimate of drug-likeness (QED) is 0.104. The fraction of sp³-hybridized carbons (Fsp3) is 0.174. The number of carbonyl (C=O) groups excluding carboxylic acids is 1. The van der Waals surface area contributed by atoms with Gasteiger partial charge in [-0.25, -0.2) is 37.4 Å². The number of esters is 1. The Balaban J connectivity index is 0.000000198. The molecule has 0 bridgehead atoms. The SMILES string of the molecule is CC(C)(C)OC(=O)c1c(OCc2ccccc2)cc(-c2ccc(F)c(C(F)(F)F)c2)n2ncnc12.O=C(O)c1c(OCc2ccccc2)cc(-c2ccc(F)c(C(F)(F)F)c2)n2ncnc12. The third-order valence-electron chi connectivity index (χ3n) is 9.45. The van der Waals surface area contributed by atoms with Gasteiger partial charge < -0.3 is 19.3 Å². The number of benzene rings is 4. The molecule has 8 aromatic rings. The zero-order valence-corrected chi connectivity index (χ0v) is 34.7. The van der Waals surface area contributed by atoms with Crippen LogP contribution in [0.5, 0.6) is 11.5 Å². The molecular weight excluding hydrogens is 885 g/mol. The Hall–Kier alpha value is -7.90. The Morgan fingerprint density at radius 2 is 1.00 bits per heavy atom. The molecule has 0 aliphatic heterocycles. The normalized spacial score (nSPS) is 11.9. The molecule has 4 heterocycles. The Kier molecular flexibility index (Phi) is 12.8. The van der Waals surface area contributed by atoms with Crippen molar-refractivity contribution in [1.82, 2.24) is 29.2 Å². The molecule has 4 aromatic heterocycles. The van der Waals surface area contributed by atoms with Crippen molar-refractivity contribution in [2.75, 3.05) is 0 Å². The highest BCUT2D eigenvalue weighted by Gasteiger charge is 2.36. The summed E-state index contributed by atoms with van der Waals surface area (Å²) in [5.74, 6) is -4.97. The van der Waals surface area contributed by atoms with E-state index in [4.69, 9.17) is 14.2 Å². The average Bonchev–Trinajstić information content (AvgIpc) is 3.95. The first-order valence-electron chi connectivity index (χ1n) is 19.5. The van der Waals surface area contributed by atoms with E-state index in [0.717, 1.165) is 40.4 Å². The second kappa shape index (κ2) is 18.3. The highest BCUT2D eigenvalue weighted by atomic mass is 19.4. The van der Waals surface area contributed by atoms with Crippen LogP contribution in [0.15, 0.2) is 122 Å². The number of carboxylic acids is 1. The lowest BCUT2D eigenvalue weighted by molar-refractivity contribution is -0.140. The first kappa shape index (κ1) is 46.1. The van der Waals surface area contributed by atoms with Crippen molar-refractivity contribution in [2.24, 2.45) is 0 Å². The van der Waals surface area contributed by atoms with Gasteiger partial charge in [0.25, 0.3) is 0 Å². The van der Waals surface area contributed by atoms with Gasteiger partial charge >= 0.3 is 24.3 Å². The molecule has 20 heteroatoms. The highest BCUT2D eigenvalue weighted by Crippen LogP contribution is 2.39. The van der Waals surface area contributed by atoms with Gasteiger partial charge in [0.05, 0.1) is 22.5 Å². The molecule has 8 rings (SSSR count). The predicted octanol–water partition coefficient (Wildman–Crippen LogP) is 10.9. The van der Waals surface area contributed by atoms with Gasteiger partial charge in [0.1, 0.15) is 65.7 Å². The number of hydrogen-bond acceptors (Lipinski definition) is 9. The molecular formula is C46H34F8N6O6. The summed E-state index contributed by atoms with van der Waals surface area (Å²) in [5.41, 5.74) is -2.42. The van der Waals surface area contributed by atoms with Crippen molar-refractivity contribution in [2.45, 2.75) is 51.9 Å². The minimum absolute atomic E-state index is 0.00882. The van der Waals surface area contributed by atoms with Crippen molar-refractivity contribution in [3.05, 3.63) is 167 Å². The lowest BCUT2D eigenvalue weighted by Gasteiger charge is -2.21. The number of pyridine rings is 2. The van der Waals surface area contributed by atoms with E-state index in [1.165, 1.54) is 22.7 Å². The van der Waals surface area contributed by atoms with Crippen molar-refractivity contribution in [1.29, 1.82) is 0 Å². The van der Waals surface area contributed by atoms with Crippen LogP contribution in [0.2, 0.25) is 0 Å². The van der Waals surface area contributed by atoms with E-state index < -0.39 is 52.7 Å². The second-order valence-corrected chi connectivity index (χ2v) is 15.3. The van der Waals surface area contributed by atoms with Gasteiger partial charge in [0.15, 0.2) is 11.3 Å². The third kappa shape index (κ3) is 10.2. The molecule has 0 unspecified atom stereocenters. The largest absolute Gasteiger partial charge is 0.488 e. The molecule has 0 radical (unpaired) electrons. The van der Waals surface area contributed by atoms with Crippen molar-refractivity contribution in [3.63, 3.8) is 0 Å². The summed E-state index contributed by atoms with van der Waals surface area (Å²) >= 11 is 0. The van der Waals surface area contributed by atoms with Crippen molar-refractivity contribution in [3.8, 4) is 34.0 Å². The average molecular weight is 919 g/mol. The number of aromatic carboxylic acids is 1. The molecule has 66 heavy (non-hydrogen) atoms. The van der Waals surface area contributed by atoms with Gasteiger partial charge in [0.2, 0.25) is 0 Å². The van der Waals surface area contributed by atoms with E-state index in [1.54, 1.807) is 51.1 Å². The van der Waals surface area contributed by atoms with E-state index in [1.807, 2.05) is 30.3 Å². The van der Waals surface area contributed by atoms with Crippen LogP contribution in [0.4, 0.5) is 35.1 Å². The van der Waals surface area contributed by atoms with Crippen LogP contribution in [0, 0.1) is 11.6 Å². The van der Waals surface area contributed by atoms with E-state index in [9.17, 15) is 49.8 Å². The topological polar surface area (TPSA) is 142 Å². The summed E-state index contributed by atoms with van der Waals surface area (Å²) in [6.45, 7) is 5.17. The summed E-state index contributed by atoms with van der Waals surface area (Å²) in [7, 11) is 0. The monoisotopic (exact) mass is 918 g/mol. The number of nitrogens with zero attached hydrogens (tertiary/aromatic N) is 6. The second-order valence-electron chi connectivity index (χ2n) is 15.3. The van der Waals surface area contributed by atoms with Gasteiger partial charge in [-0.2, -0.15) is 36.5 Å². The molecule has 0 saturated heterocycles. The Morgan fingerprint density at radius 3 is 1.39 bits per heavy atom. The lowest BCUT2D eigenvalue weighted by Crippen LogP contribution is -2.25. The number of halogens is 8. The molecule has 0 fully saturated rings. The fourth-order valence-corrected chi connectivity index (χ4v) is 6.55. The van der Waals surface area contributed by atoms with Gasteiger partial charge in [-0.05, 0) is 68.3 Å². The van der Waals surface area contributed by atoms with Crippen LogP contribution in [0.1, 0.15) is 63.7 Å². The molecule has 0 saturated carbocycles. The van der Waals surface area contributed by atoms with Crippen molar-refractivity contribution >= 4 is 23.2 Å². The summed E-state index contributed by atoms with van der Waals surface area (Å²) in [6.07, 6.45) is -7.58. The van der Waals surface area contributed by atoms with Crippen molar-refractivity contribution < 1.29 is 64.0 Å². The number of fused-ring (bicyclic) bond motifs is 2. The highest BCUT2D eigenvalue weighted by molar-refractivity contribution is 6.00. The fourth-order valence-electron chi connectivity index (χ4n) is 6.55. The molecule has 1 N–H and O–H groups in total. The zero-order chi connectivity index (χ0) is 47.6.